The van der Waals surface area contributed by atoms with E-state index in [9.17, 15) is 9.59 Å². The summed E-state index contributed by atoms with van der Waals surface area (Å²) >= 11 is 1.35. The van der Waals surface area contributed by atoms with Gasteiger partial charge >= 0.3 is 6.03 Å². The van der Waals surface area contributed by atoms with Crippen LogP contribution in [0.3, 0.4) is 0 Å². The number of carbonyl (C=O) groups excluding carboxylic acids is 2. The van der Waals surface area contributed by atoms with Crippen molar-refractivity contribution < 1.29 is 14.3 Å². The number of thiophene rings is 1. The van der Waals surface area contributed by atoms with Crippen LogP contribution in [0, 0.1) is 0 Å². The van der Waals surface area contributed by atoms with Gasteiger partial charge in [-0.25, -0.2) is 4.79 Å². The van der Waals surface area contributed by atoms with Gasteiger partial charge in [-0.05, 0) is 36.2 Å². The number of amides is 3. The van der Waals surface area contributed by atoms with Gasteiger partial charge in [-0.15, -0.1) is 11.3 Å². The van der Waals surface area contributed by atoms with E-state index in [1.54, 1.807) is 37.4 Å². The van der Waals surface area contributed by atoms with Gasteiger partial charge in [0.1, 0.15) is 10.8 Å². The number of urea groups is 1. The molecule has 0 atom stereocenters. The Kier molecular flexibility index (Phi) is 5.23. The zero-order valence-corrected chi connectivity index (χ0v) is 14.0. The lowest BCUT2D eigenvalue weighted by Crippen LogP contribution is -2.21. The number of benzene rings is 1. The third kappa shape index (κ3) is 4.23. The third-order valence-electron chi connectivity index (χ3n) is 3.16. The van der Waals surface area contributed by atoms with Crippen molar-refractivity contribution in [2.75, 3.05) is 17.7 Å². The van der Waals surface area contributed by atoms with E-state index in [0.29, 0.717) is 22.0 Å². The summed E-state index contributed by atoms with van der Waals surface area (Å²) in [7, 11) is 1.57. The van der Waals surface area contributed by atoms with Gasteiger partial charge < -0.3 is 15.8 Å². The molecule has 7 heteroatoms. The average Bonchev–Trinajstić information content (AvgIpc) is 2.92. The van der Waals surface area contributed by atoms with Crippen LogP contribution in [0.2, 0.25) is 0 Å². The molecule has 1 aromatic carbocycles. The number of hydrogen-bond donors (Lipinski definition) is 3. The molecule has 1 aromatic heterocycles. The molecule has 6 nitrogen and oxygen atoms in total. The molecule has 0 saturated heterocycles. The van der Waals surface area contributed by atoms with Gasteiger partial charge in [0, 0.05) is 10.6 Å². The first-order chi connectivity index (χ1) is 10.9. The van der Waals surface area contributed by atoms with Gasteiger partial charge in [0.05, 0.1) is 12.7 Å². The molecule has 0 unspecified atom stereocenters. The number of methoxy groups -OCH3 is 1. The molecule has 122 valence electrons. The number of hydrogen-bond acceptors (Lipinski definition) is 4. The fourth-order valence-electron chi connectivity index (χ4n) is 1.91. The lowest BCUT2D eigenvalue weighted by Gasteiger charge is -2.08. The Hall–Kier alpha value is -2.54. The first-order valence-corrected chi connectivity index (χ1v) is 7.88. The minimum absolute atomic E-state index is 0.248. The van der Waals surface area contributed by atoms with E-state index in [2.05, 4.69) is 10.6 Å². The highest BCUT2D eigenvalue weighted by Gasteiger charge is 2.17. The molecule has 2 aromatic rings. The first-order valence-electron chi connectivity index (χ1n) is 7.06. The van der Waals surface area contributed by atoms with Crippen LogP contribution in [0.25, 0.3) is 0 Å². The molecule has 2 rings (SSSR count). The Labute approximate surface area is 138 Å². The highest BCUT2D eigenvalue weighted by Crippen LogP contribution is 2.32. The Morgan fingerprint density at radius 1 is 1.17 bits per heavy atom. The highest BCUT2D eigenvalue weighted by molar-refractivity contribution is 7.16. The number of ether oxygens (including phenoxy) is 1. The Bertz CT molecular complexity index is 708. The number of primary amides is 1. The molecule has 0 saturated carbocycles. The second kappa shape index (κ2) is 7.15. The van der Waals surface area contributed by atoms with Crippen molar-refractivity contribution >= 4 is 34.0 Å². The number of nitrogens with one attached hydrogen (secondary N) is 2. The molecule has 4 N–H and O–H groups in total. The summed E-state index contributed by atoms with van der Waals surface area (Å²) in [6.45, 7) is 4.02. The maximum atomic E-state index is 12.1. The minimum Gasteiger partial charge on any atom is -0.497 e. The number of carbonyl (C=O) groups is 2. The van der Waals surface area contributed by atoms with Crippen LogP contribution in [0.5, 0.6) is 5.75 Å². The van der Waals surface area contributed by atoms with Crippen molar-refractivity contribution in [2.24, 2.45) is 5.73 Å². The fraction of sp³-hybridized carbons (Fsp3) is 0.250. The van der Waals surface area contributed by atoms with Crippen molar-refractivity contribution in [1.29, 1.82) is 0 Å². The fourth-order valence-corrected chi connectivity index (χ4v) is 2.97. The summed E-state index contributed by atoms with van der Waals surface area (Å²) < 4.78 is 5.06. The molecular weight excluding hydrogens is 314 g/mol. The predicted molar refractivity (Wildman–Crippen MR) is 92.6 cm³/mol. The van der Waals surface area contributed by atoms with Gasteiger partial charge in [0.15, 0.2) is 0 Å². The van der Waals surface area contributed by atoms with Crippen LogP contribution in [-0.4, -0.2) is 19.0 Å². The Balaban J connectivity index is 2.11. The van der Waals surface area contributed by atoms with Crippen molar-refractivity contribution in [2.45, 2.75) is 19.8 Å². The monoisotopic (exact) mass is 333 g/mol. The maximum absolute atomic E-state index is 12.1. The normalized spacial score (nSPS) is 10.4. The minimum atomic E-state index is -0.562. The second-order valence-corrected chi connectivity index (χ2v) is 6.30. The van der Waals surface area contributed by atoms with E-state index in [1.807, 2.05) is 13.8 Å². The lowest BCUT2D eigenvalue weighted by atomic mass is 10.1. The van der Waals surface area contributed by atoms with Crippen LogP contribution in [0.1, 0.15) is 35.0 Å². The van der Waals surface area contributed by atoms with Crippen LogP contribution in [0.15, 0.2) is 30.3 Å². The van der Waals surface area contributed by atoms with Gasteiger partial charge in [0.2, 0.25) is 0 Å². The van der Waals surface area contributed by atoms with Gasteiger partial charge in [-0.2, -0.15) is 0 Å². The van der Waals surface area contributed by atoms with E-state index < -0.39 is 11.9 Å². The molecule has 0 fully saturated rings. The molecule has 3 amide bonds. The SMILES string of the molecule is COc1ccc(NC(=O)Nc2sc(C(C)C)cc2C(N)=O)cc1. The van der Waals surface area contributed by atoms with E-state index >= 15 is 0 Å². The summed E-state index contributed by atoms with van der Waals surface area (Å²) in [5.41, 5.74) is 6.31. The van der Waals surface area contributed by atoms with Crippen LogP contribution >= 0.6 is 11.3 Å². The van der Waals surface area contributed by atoms with Crippen molar-refractivity contribution in [3.8, 4) is 5.75 Å². The van der Waals surface area contributed by atoms with Crippen LogP contribution in [0.4, 0.5) is 15.5 Å². The average molecular weight is 333 g/mol. The van der Waals surface area contributed by atoms with Crippen LogP contribution < -0.4 is 21.1 Å². The van der Waals surface area contributed by atoms with Crippen molar-refractivity contribution in [3.05, 3.63) is 40.8 Å². The molecule has 0 spiro atoms. The first kappa shape index (κ1) is 16.8. The highest BCUT2D eigenvalue weighted by atomic mass is 32.1. The molecule has 1 heterocycles. The molecule has 0 aliphatic carbocycles. The van der Waals surface area contributed by atoms with E-state index in [1.165, 1.54) is 11.3 Å². The summed E-state index contributed by atoms with van der Waals surface area (Å²) in [6, 6.07) is 8.22. The second-order valence-electron chi connectivity index (χ2n) is 5.22. The zero-order chi connectivity index (χ0) is 17.0. The zero-order valence-electron chi connectivity index (χ0n) is 13.2. The largest absolute Gasteiger partial charge is 0.497 e. The third-order valence-corrected chi connectivity index (χ3v) is 4.51. The molecule has 0 bridgehead atoms. The van der Waals surface area contributed by atoms with Gasteiger partial charge in [0.25, 0.3) is 5.91 Å². The number of nitrogens with two attached hydrogens (primary N) is 1. The quantitative estimate of drug-likeness (QED) is 0.780. The van der Waals surface area contributed by atoms with Crippen LogP contribution in [-0.2, 0) is 0 Å². The number of rotatable bonds is 5. The Morgan fingerprint density at radius 3 is 2.35 bits per heavy atom. The predicted octanol–water partition coefficient (Wildman–Crippen LogP) is 3.62. The molecular formula is C16H19N3O3S. The smallest absolute Gasteiger partial charge is 0.324 e. The summed E-state index contributed by atoms with van der Waals surface area (Å²) in [6.07, 6.45) is 0. The summed E-state index contributed by atoms with van der Waals surface area (Å²) in [5, 5.41) is 5.83. The van der Waals surface area contributed by atoms with E-state index in [0.717, 1.165) is 4.88 Å². The number of anilines is 2. The van der Waals surface area contributed by atoms with Crippen molar-refractivity contribution in [1.82, 2.24) is 0 Å². The van der Waals surface area contributed by atoms with E-state index in [-0.39, 0.29) is 5.92 Å². The summed E-state index contributed by atoms with van der Waals surface area (Å²) in [5.74, 6) is 0.387. The molecule has 0 aliphatic rings. The van der Waals surface area contributed by atoms with E-state index in [4.69, 9.17) is 10.5 Å². The molecule has 0 radical (unpaired) electrons. The standard InChI is InChI=1S/C16H19N3O3S/c1-9(2)13-8-12(14(17)20)15(23-13)19-16(21)18-10-4-6-11(22-3)7-5-10/h4-9H,1-3H3,(H2,17,20)(H2,18,19,21). The topological polar surface area (TPSA) is 93.4 Å². The maximum Gasteiger partial charge on any atom is 0.324 e. The van der Waals surface area contributed by atoms with Gasteiger partial charge in [-0.1, -0.05) is 13.8 Å². The Morgan fingerprint density at radius 2 is 1.83 bits per heavy atom. The lowest BCUT2D eigenvalue weighted by molar-refractivity contribution is 0.100. The summed E-state index contributed by atoms with van der Waals surface area (Å²) in [4.78, 5) is 24.6. The van der Waals surface area contributed by atoms with Gasteiger partial charge in [-0.3, -0.25) is 10.1 Å². The van der Waals surface area contributed by atoms with Crippen molar-refractivity contribution in [3.63, 3.8) is 0 Å². The molecule has 0 aliphatic heterocycles. The molecule has 23 heavy (non-hydrogen) atoms.